The summed E-state index contributed by atoms with van der Waals surface area (Å²) in [6.45, 7) is 3.61. The SMILES string of the molecule is Cn1ccc(C(=O)N2Cc3cncn3CC(COCC3CC3)C2)n1. The molecule has 2 aromatic heterocycles. The van der Waals surface area contributed by atoms with Gasteiger partial charge in [-0.15, -0.1) is 0 Å². The van der Waals surface area contributed by atoms with E-state index < -0.39 is 0 Å². The highest BCUT2D eigenvalue weighted by Gasteiger charge is 2.28. The van der Waals surface area contributed by atoms with Crippen LogP contribution in [0.4, 0.5) is 0 Å². The first-order valence-corrected chi connectivity index (χ1v) is 8.54. The molecule has 4 rings (SSSR count). The zero-order valence-corrected chi connectivity index (χ0v) is 14.0. The molecule has 7 nitrogen and oxygen atoms in total. The van der Waals surface area contributed by atoms with Crippen molar-refractivity contribution in [2.75, 3.05) is 19.8 Å². The molecule has 0 N–H and O–H groups in total. The summed E-state index contributed by atoms with van der Waals surface area (Å²) < 4.78 is 9.68. The molecule has 1 aliphatic carbocycles. The van der Waals surface area contributed by atoms with Gasteiger partial charge in [0.2, 0.25) is 0 Å². The third-order valence-electron chi connectivity index (χ3n) is 4.71. The highest BCUT2D eigenvalue weighted by molar-refractivity contribution is 5.92. The fraction of sp³-hybridized carbons (Fsp3) is 0.588. The van der Waals surface area contributed by atoms with Gasteiger partial charge in [0.15, 0.2) is 0 Å². The van der Waals surface area contributed by atoms with Gasteiger partial charge in [0.25, 0.3) is 5.91 Å². The molecule has 1 fully saturated rings. The summed E-state index contributed by atoms with van der Waals surface area (Å²) in [6.07, 6.45) is 8.07. The Kier molecular flexibility index (Phi) is 4.10. The van der Waals surface area contributed by atoms with Crippen LogP contribution >= 0.6 is 0 Å². The maximum absolute atomic E-state index is 12.8. The topological polar surface area (TPSA) is 65.2 Å². The van der Waals surface area contributed by atoms with E-state index in [4.69, 9.17) is 4.74 Å². The number of fused-ring (bicyclic) bond motifs is 1. The van der Waals surface area contributed by atoms with Gasteiger partial charge < -0.3 is 14.2 Å². The van der Waals surface area contributed by atoms with Crippen LogP contribution < -0.4 is 0 Å². The van der Waals surface area contributed by atoms with Crippen LogP contribution in [0.25, 0.3) is 0 Å². The quantitative estimate of drug-likeness (QED) is 0.830. The van der Waals surface area contributed by atoms with E-state index in [9.17, 15) is 4.79 Å². The lowest BCUT2D eigenvalue weighted by molar-refractivity contribution is 0.0567. The molecule has 1 amide bonds. The number of imidazole rings is 1. The van der Waals surface area contributed by atoms with Crippen molar-refractivity contribution in [3.63, 3.8) is 0 Å². The fourth-order valence-electron chi connectivity index (χ4n) is 3.19. The molecule has 0 saturated heterocycles. The second kappa shape index (κ2) is 6.39. The Morgan fingerprint density at radius 2 is 2.12 bits per heavy atom. The van der Waals surface area contributed by atoms with Crippen LogP contribution in [0.2, 0.25) is 0 Å². The molecule has 0 spiro atoms. The van der Waals surface area contributed by atoms with E-state index in [1.807, 2.05) is 24.5 Å². The number of carbonyl (C=O) groups is 1. The second-order valence-electron chi connectivity index (χ2n) is 6.94. The van der Waals surface area contributed by atoms with E-state index in [1.54, 1.807) is 16.9 Å². The minimum Gasteiger partial charge on any atom is -0.381 e. The Morgan fingerprint density at radius 3 is 2.88 bits per heavy atom. The Morgan fingerprint density at radius 1 is 1.29 bits per heavy atom. The highest BCUT2D eigenvalue weighted by Crippen LogP contribution is 2.29. The molecule has 0 radical (unpaired) electrons. The number of aromatic nitrogens is 4. The number of amides is 1. The van der Waals surface area contributed by atoms with Gasteiger partial charge in [-0.25, -0.2) is 4.98 Å². The van der Waals surface area contributed by atoms with Crippen LogP contribution in [0.15, 0.2) is 24.8 Å². The van der Waals surface area contributed by atoms with E-state index in [2.05, 4.69) is 14.6 Å². The average Bonchev–Trinajstić information content (AvgIpc) is 3.19. The van der Waals surface area contributed by atoms with Crippen LogP contribution in [-0.4, -0.2) is 49.9 Å². The van der Waals surface area contributed by atoms with Crippen molar-refractivity contribution < 1.29 is 9.53 Å². The van der Waals surface area contributed by atoms with Crippen LogP contribution in [0, 0.1) is 11.8 Å². The highest BCUT2D eigenvalue weighted by atomic mass is 16.5. The maximum atomic E-state index is 12.8. The lowest BCUT2D eigenvalue weighted by atomic mass is 10.1. The molecule has 1 unspecified atom stereocenters. The number of nitrogens with zero attached hydrogens (tertiary/aromatic N) is 5. The Labute approximate surface area is 141 Å². The summed E-state index contributed by atoms with van der Waals surface area (Å²) in [7, 11) is 1.82. The molecule has 0 bridgehead atoms. The standard InChI is InChI=1S/C17H23N5O2/c1-20-5-4-16(19-20)17(23)21-7-14(11-24-10-13-2-3-13)8-22-12-18-6-15(22)9-21/h4-6,12-14H,2-3,7-11H2,1H3. The van der Waals surface area contributed by atoms with Gasteiger partial charge in [0.05, 0.1) is 25.2 Å². The van der Waals surface area contributed by atoms with Gasteiger partial charge in [-0.1, -0.05) is 0 Å². The lowest BCUT2D eigenvalue weighted by Gasteiger charge is -2.23. The van der Waals surface area contributed by atoms with E-state index in [-0.39, 0.29) is 11.8 Å². The summed E-state index contributed by atoms with van der Waals surface area (Å²) in [5.74, 6) is 0.996. The molecular weight excluding hydrogens is 306 g/mol. The third-order valence-corrected chi connectivity index (χ3v) is 4.71. The fourth-order valence-corrected chi connectivity index (χ4v) is 3.19. The Balaban J connectivity index is 1.48. The normalized spacial score (nSPS) is 20.7. The Hall–Kier alpha value is -2.15. The number of carbonyl (C=O) groups excluding carboxylic acids is 1. The lowest BCUT2D eigenvalue weighted by Crippen LogP contribution is -2.35. The van der Waals surface area contributed by atoms with Gasteiger partial charge in [0, 0.05) is 45.1 Å². The molecule has 1 aliphatic heterocycles. The molecule has 128 valence electrons. The minimum absolute atomic E-state index is 0.0301. The zero-order chi connectivity index (χ0) is 16.5. The molecule has 1 atom stereocenters. The maximum Gasteiger partial charge on any atom is 0.274 e. The second-order valence-corrected chi connectivity index (χ2v) is 6.94. The first-order valence-electron chi connectivity index (χ1n) is 8.54. The third kappa shape index (κ3) is 3.36. The van der Waals surface area contributed by atoms with E-state index >= 15 is 0 Å². The van der Waals surface area contributed by atoms with Crippen molar-refractivity contribution in [2.24, 2.45) is 18.9 Å². The number of hydrogen-bond acceptors (Lipinski definition) is 4. The van der Waals surface area contributed by atoms with Crippen molar-refractivity contribution >= 4 is 5.91 Å². The van der Waals surface area contributed by atoms with Gasteiger partial charge in [-0.3, -0.25) is 9.48 Å². The molecule has 24 heavy (non-hydrogen) atoms. The first-order chi connectivity index (χ1) is 11.7. The predicted molar refractivity (Wildman–Crippen MR) is 87.2 cm³/mol. The minimum atomic E-state index is -0.0301. The number of aryl methyl sites for hydroxylation is 1. The summed E-state index contributed by atoms with van der Waals surface area (Å²) in [6, 6.07) is 1.77. The molecule has 7 heteroatoms. The first kappa shape index (κ1) is 15.4. The van der Waals surface area contributed by atoms with E-state index in [1.165, 1.54) is 12.8 Å². The largest absolute Gasteiger partial charge is 0.381 e. The van der Waals surface area contributed by atoms with Gasteiger partial charge in [0.1, 0.15) is 5.69 Å². The van der Waals surface area contributed by atoms with Crippen molar-refractivity contribution in [1.82, 2.24) is 24.2 Å². The van der Waals surface area contributed by atoms with Crippen LogP contribution in [0.1, 0.15) is 29.0 Å². The Bertz CT molecular complexity index is 718. The number of rotatable bonds is 5. The van der Waals surface area contributed by atoms with E-state index in [0.717, 1.165) is 24.8 Å². The smallest absolute Gasteiger partial charge is 0.274 e. The average molecular weight is 329 g/mol. The predicted octanol–water partition coefficient (Wildman–Crippen LogP) is 1.32. The van der Waals surface area contributed by atoms with Gasteiger partial charge in [-0.05, 0) is 24.8 Å². The van der Waals surface area contributed by atoms with Gasteiger partial charge >= 0.3 is 0 Å². The molecule has 2 aromatic rings. The van der Waals surface area contributed by atoms with Gasteiger partial charge in [-0.2, -0.15) is 5.10 Å². The van der Waals surface area contributed by atoms with Crippen molar-refractivity contribution in [3.8, 4) is 0 Å². The summed E-state index contributed by atoms with van der Waals surface area (Å²) in [4.78, 5) is 18.9. The summed E-state index contributed by atoms with van der Waals surface area (Å²) in [5.41, 5.74) is 1.55. The monoisotopic (exact) mass is 329 g/mol. The summed E-state index contributed by atoms with van der Waals surface area (Å²) in [5, 5.41) is 4.25. The van der Waals surface area contributed by atoms with Crippen LogP contribution in [0.5, 0.6) is 0 Å². The van der Waals surface area contributed by atoms with E-state index in [0.29, 0.717) is 25.4 Å². The number of ether oxygens (including phenoxy) is 1. The summed E-state index contributed by atoms with van der Waals surface area (Å²) >= 11 is 0. The molecule has 1 saturated carbocycles. The molecular formula is C17H23N5O2. The zero-order valence-electron chi connectivity index (χ0n) is 14.0. The molecule has 0 aromatic carbocycles. The van der Waals surface area contributed by atoms with Crippen molar-refractivity contribution in [3.05, 3.63) is 36.2 Å². The van der Waals surface area contributed by atoms with Crippen LogP contribution in [0.3, 0.4) is 0 Å². The number of hydrogen-bond donors (Lipinski definition) is 0. The van der Waals surface area contributed by atoms with Crippen LogP contribution in [-0.2, 0) is 24.9 Å². The molecule has 3 heterocycles. The van der Waals surface area contributed by atoms with Crippen molar-refractivity contribution in [2.45, 2.75) is 25.9 Å². The van der Waals surface area contributed by atoms with Crippen molar-refractivity contribution in [1.29, 1.82) is 0 Å². The molecule has 2 aliphatic rings.